The van der Waals surface area contributed by atoms with Gasteiger partial charge in [-0.15, -0.1) is 11.3 Å². The first-order valence-corrected chi connectivity index (χ1v) is 6.12. The fraction of sp³-hybridized carbons (Fsp3) is 0.231. The van der Waals surface area contributed by atoms with E-state index in [2.05, 4.69) is 4.98 Å². The van der Waals surface area contributed by atoms with E-state index < -0.39 is 0 Å². The molecule has 0 aliphatic heterocycles. The Hall–Kier alpha value is -1.68. The van der Waals surface area contributed by atoms with Gasteiger partial charge in [-0.2, -0.15) is 0 Å². The molecule has 88 valence electrons. The van der Waals surface area contributed by atoms with Gasteiger partial charge < -0.3 is 4.74 Å². The predicted octanol–water partition coefficient (Wildman–Crippen LogP) is 3.23. The van der Waals surface area contributed by atoms with Crippen LogP contribution in [0.5, 0.6) is 5.75 Å². The zero-order valence-corrected chi connectivity index (χ0v) is 10.6. The molecule has 3 nitrogen and oxygen atoms in total. The highest BCUT2D eigenvalue weighted by Crippen LogP contribution is 2.17. The number of aryl methyl sites for hydroxylation is 1. The summed E-state index contributed by atoms with van der Waals surface area (Å²) in [6.07, 6.45) is 1.82. The third-order valence-electron chi connectivity index (χ3n) is 2.31. The molecule has 0 saturated heterocycles. The first-order chi connectivity index (χ1) is 8.15. The number of carbonyl (C=O) groups excluding carboxylic acids is 1. The number of hydrogen-bond donors (Lipinski definition) is 0. The van der Waals surface area contributed by atoms with Crippen LogP contribution in [0.2, 0.25) is 0 Å². The van der Waals surface area contributed by atoms with Crippen LogP contribution in [0.3, 0.4) is 0 Å². The van der Waals surface area contributed by atoms with Crippen molar-refractivity contribution in [1.82, 2.24) is 4.98 Å². The monoisotopic (exact) mass is 247 g/mol. The van der Waals surface area contributed by atoms with Crippen LogP contribution < -0.4 is 4.74 Å². The molecular weight excluding hydrogens is 234 g/mol. The first kappa shape index (κ1) is 11.8. The number of thiazole rings is 1. The lowest BCUT2D eigenvalue weighted by Crippen LogP contribution is -1.95. The summed E-state index contributed by atoms with van der Waals surface area (Å²) in [6.45, 7) is 4.04. The van der Waals surface area contributed by atoms with E-state index in [1.165, 1.54) is 0 Å². The minimum Gasteiger partial charge on any atom is -0.488 e. The number of benzene rings is 1. The SMILES string of the molecule is CC(=O)c1ccc(OCc2cnc(C)s2)cc1. The maximum absolute atomic E-state index is 11.1. The topological polar surface area (TPSA) is 39.2 Å². The normalized spacial score (nSPS) is 10.2. The molecule has 2 rings (SSSR count). The van der Waals surface area contributed by atoms with Crippen molar-refractivity contribution in [1.29, 1.82) is 0 Å². The van der Waals surface area contributed by atoms with Gasteiger partial charge in [0, 0.05) is 11.8 Å². The fourth-order valence-electron chi connectivity index (χ4n) is 1.41. The summed E-state index contributed by atoms with van der Waals surface area (Å²) in [6, 6.07) is 7.17. The van der Waals surface area contributed by atoms with Crippen molar-refractivity contribution in [2.45, 2.75) is 20.5 Å². The van der Waals surface area contributed by atoms with Crippen LogP contribution in [0.15, 0.2) is 30.5 Å². The van der Waals surface area contributed by atoms with Gasteiger partial charge >= 0.3 is 0 Å². The average molecular weight is 247 g/mol. The Labute approximate surface area is 104 Å². The van der Waals surface area contributed by atoms with Crippen molar-refractivity contribution in [2.75, 3.05) is 0 Å². The number of ether oxygens (including phenoxy) is 1. The quantitative estimate of drug-likeness (QED) is 0.779. The van der Waals surface area contributed by atoms with Crippen LogP contribution in [0.1, 0.15) is 27.2 Å². The second-order valence-electron chi connectivity index (χ2n) is 3.71. The summed E-state index contributed by atoms with van der Waals surface area (Å²) in [5.74, 6) is 0.829. The van der Waals surface area contributed by atoms with E-state index in [-0.39, 0.29) is 5.78 Å². The highest BCUT2D eigenvalue weighted by molar-refractivity contribution is 7.11. The molecule has 0 amide bonds. The molecule has 0 N–H and O–H groups in total. The van der Waals surface area contributed by atoms with E-state index in [9.17, 15) is 4.79 Å². The van der Waals surface area contributed by atoms with Gasteiger partial charge in [-0.05, 0) is 38.1 Å². The Kier molecular flexibility index (Phi) is 3.54. The van der Waals surface area contributed by atoms with Crippen LogP contribution >= 0.6 is 11.3 Å². The smallest absolute Gasteiger partial charge is 0.159 e. The van der Waals surface area contributed by atoms with E-state index in [4.69, 9.17) is 4.74 Å². The van der Waals surface area contributed by atoms with E-state index in [1.54, 1.807) is 30.4 Å². The molecule has 1 aromatic carbocycles. The van der Waals surface area contributed by atoms with Gasteiger partial charge in [0.05, 0.1) is 9.88 Å². The third-order valence-corrected chi connectivity index (χ3v) is 3.20. The molecule has 4 heteroatoms. The van der Waals surface area contributed by atoms with Crippen LogP contribution in [0.4, 0.5) is 0 Å². The van der Waals surface area contributed by atoms with E-state index in [1.807, 2.05) is 25.3 Å². The number of hydrogen-bond acceptors (Lipinski definition) is 4. The van der Waals surface area contributed by atoms with Gasteiger partial charge in [0.15, 0.2) is 5.78 Å². The standard InChI is InChI=1S/C13H13NO2S/c1-9(15)11-3-5-12(6-4-11)16-8-13-7-14-10(2)17-13/h3-7H,8H2,1-2H3. The molecule has 1 aromatic heterocycles. The summed E-state index contributed by atoms with van der Waals surface area (Å²) in [5, 5.41) is 1.04. The summed E-state index contributed by atoms with van der Waals surface area (Å²) in [5.41, 5.74) is 0.700. The summed E-state index contributed by atoms with van der Waals surface area (Å²) in [7, 11) is 0. The van der Waals surface area contributed by atoms with Crippen LogP contribution in [0.25, 0.3) is 0 Å². The number of carbonyl (C=O) groups is 1. The Bertz CT molecular complexity index is 516. The molecule has 0 unspecified atom stereocenters. The van der Waals surface area contributed by atoms with Crippen LogP contribution in [-0.2, 0) is 6.61 Å². The molecule has 0 aliphatic rings. The molecule has 0 aliphatic carbocycles. The van der Waals surface area contributed by atoms with Crippen molar-refractivity contribution < 1.29 is 9.53 Å². The highest BCUT2D eigenvalue weighted by Gasteiger charge is 2.01. The zero-order valence-electron chi connectivity index (χ0n) is 9.77. The second kappa shape index (κ2) is 5.10. The van der Waals surface area contributed by atoms with E-state index in [0.29, 0.717) is 12.2 Å². The molecule has 2 aromatic rings. The van der Waals surface area contributed by atoms with Gasteiger partial charge in [0.1, 0.15) is 12.4 Å². The van der Waals surface area contributed by atoms with Gasteiger partial charge in [-0.25, -0.2) is 4.98 Å². The lowest BCUT2D eigenvalue weighted by molar-refractivity contribution is 0.101. The Morgan fingerprint density at radius 3 is 2.59 bits per heavy atom. The van der Waals surface area contributed by atoms with Crippen molar-refractivity contribution in [3.8, 4) is 5.75 Å². The Morgan fingerprint density at radius 2 is 2.06 bits per heavy atom. The molecule has 1 heterocycles. The van der Waals surface area contributed by atoms with E-state index >= 15 is 0 Å². The minimum atomic E-state index is 0.0645. The van der Waals surface area contributed by atoms with Gasteiger partial charge in [0.25, 0.3) is 0 Å². The summed E-state index contributed by atoms with van der Waals surface area (Å²) < 4.78 is 5.60. The maximum atomic E-state index is 11.1. The molecule has 0 radical (unpaired) electrons. The van der Waals surface area contributed by atoms with Gasteiger partial charge in [-0.3, -0.25) is 4.79 Å². The molecule has 0 atom stereocenters. The van der Waals surface area contributed by atoms with Crippen LogP contribution in [-0.4, -0.2) is 10.8 Å². The summed E-state index contributed by atoms with van der Waals surface area (Å²) >= 11 is 1.62. The molecule has 17 heavy (non-hydrogen) atoms. The number of aromatic nitrogens is 1. The summed E-state index contributed by atoms with van der Waals surface area (Å²) in [4.78, 5) is 16.3. The van der Waals surface area contributed by atoms with Crippen molar-refractivity contribution in [3.05, 3.63) is 45.9 Å². The molecule has 0 saturated carbocycles. The van der Waals surface area contributed by atoms with Crippen LogP contribution in [0, 0.1) is 6.92 Å². The average Bonchev–Trinajstić information content (AvgIpc) is 2.73. The third kappa shape index (κ3) is 3.14. The predicted molar refractivity (Wildman–Crippen MR) is 67.6 cm³/mol. The number of ketones is 1. The molecule has 0 bridgehead atoms. The van der Waals surface area contributed by atoms with E-state index in [0.717, 1.165) is 15.6 Å². The highest BCUT2D eigenvalue weighted by atomic mass is 32.1. The van der Waals surface area contributed by atoms with Crippen molar-refractivity contribution >= 4 is 17.1 Å². The molecular formula is C13H13NO2S. The Morgan fingerprint density at radius 1 is 1.35 bits per heavy atom. The zero-order chi connectivity index (χ0) is 12.3. The van der Waals surface area contributed by atoms with Gasteiger partial charge in [-0.1, -0.05) is 0 Å². The van der Waals surface area contributed by atoms with Gasteiger partial charge in [0.2, 0.25) is 0 Å². The second-order valence-corrected chi connectivity index (χ2v) is 5.03. The van der Waals surface area contributed by atoms with Crippen molar-refractivity contribution in [3.63, 3.8) is 0 Å². The largest absolute Gasteiger partial charge is 0.488 e. The lowest BCUT2D eigenvalue weighted by atomic mass is 10.1. The molecule has 0 spiro atoms. The van der Waals surface area contributed by atoms with Crippen molar-refractivity contribution in [2.24, 2.45) is 0 Å². The first-order valence-electron chi connectivity index (χ1n) is 5.30. The fourth-order valence-corrected chi connectivity index (χ4v) is 2.12. The molecule has 0 fully saturated rings. The number of rotatable bonds is 4. The minimum absolute atomic E-state index is 0.0645. The number of nitrogens with zero attached hydrogens (tertiary/aromatic N) is 1. The maximum Gasteiger partial charge on any atom is 0.159 e. The lowest BCUT2D eigenvalue weighted by Gasteiger charge is -2.04. The Balaban J connectivity index is 1.97. The number of Topliss-reactive ketones (excluding diaryl/α,β-unsaturated/α-hetero) is 1.